The van der Waals surface area contributed by atoms with Crippen molar-refractivity contribution >= 4 is 36.5 Å². The van der Waals surface area contributed by atoms with Gasteiger partial charge in [0, 0.05) is 27.7 Å². The Kier molecular flexibility index (Phi) is 8.90. The van der Waals surface area contributed by atoms with Crippen LogP contribution in [0.25, 0.3) is 0 Å². The molecule has 2 fully saturated rings. The van der Waals surface area contributed by atoms with Crippen molar-refractivity contribution in [2.24, 2.45) is 0 Å². The third-order valence-corrected chi connectivity index (χ3v) is 6.76. The van der Waals surface area contributed by atoms with Gasteiger partial charge >= 0.3 is 31.0 Å². The molecule has 2 aliphatic rings. The molecule has 0 saturated carbocycles. The van der Waals surface area contributed by atoms with Crippen LogP contribution < -0.4 is 5.46 Å². The summed E-state index contributed by atoms with van der Waals surface area (Å²) in [6, 6.07) is 7.12. The zero-order valence-electron chi connectivity index (χ0n) is 23.0. The first-order valence-electron chi connectivity index (χ1n) is 12.4. The fraction of sp³-hybridized carbons (Fsp3) is 0.615. The zero-order valence-corrected chi connectivity index (χ0v) is 23.0. The van der Waals surface area contributed by atoms with Crippen molar-refractivity contribution in [3.05, 3.63) is 29.8 Å². The summed E-state index contributed by atoms with van der Waals surface area (Å²) < 4.78 is 40.3. The van der Waals surface area contributed by atoms with Gasteiger partial charge in [0.1, 0.15) is 18.8 Å². The van der Waals surface area contributed by atoms with E-state index in [1.54, 1.807) is 18.2 Å². The molecule has 12 heteroatoms. The Morgan fingerprint density at radius 3 is 1.84 bits per heavy atom. The molecule has 0 aromatic heterocycles. The Morgan fingerprint density at radius 1 is 0.789 bits per heavy atom. The van der Waals surface area contributed by atoms with E-state index in [0.717, 1.165) is 0 Å². The van der Waals surface area contributed by atoms with E-state index in [4.69, 9.17) is 33.0 Å². The van der Waals surface area contributed by atoms with E-state index < -0.39 is 72.7 Å². The maximum atomic E-state index is 12.1. The second kappa shape index (κ2) is 11.4. The van der Waals surface area contributed by atoms with Crippen LogP contribution in [0.2, 0.25) is 0 Å². The van der Waals surface area contributed by atoms with Crippen molar-refractivity contribution in [1.82, 2.24) is 0 Å². The second-order valence-electron chi connectivity index (χ2n) is 10.4. The Morgan fingerprint density at radius 2 is 1.32 bits per heavy atom. The van der Waals surface area contributed by atoms with Crippen LogP contribution in [0.15, 0.2) is 24.3 Å². The maximum absolute atomic E-state index is 12.1. The summed E-state index contributed by atoms with van der Waals surface area (Å²) in [5.74, 6) is -2.63. The second-order valence-corrected chi connectivity index (χ2v) is 10.4. The van der Waals surface area contributed by atoms with Crippen LogP contribution in [-0.2, 0) is 52.2 Å². The van der Waals surface area contributed by atoms with Gasteiger partial charge in [0.25, 0.3) is 0 Å². The summed E-state index contributed by atoms with van der Waals surface area (Å²) in [4.78, 5) is 47.7. The molecule has 38 heavy (non-hydrogen) atoms. The zero-order chi connectivity index (χ0) is 28.4. The van der Waals surface area contributed by atoms with Gasteiger partial charge < -0.3 is 33.0 Å². The molecule has 0 bridgehead atoms. The van der Waals surface area contributed by atoms with Gasteiger partial charge in [0.05, 0.1) is 11.2 Å². The highest BCUT2D eigenvalue weighted by Crippen LogP contribution is 2.39. The lowest BCUT2D eigenvalue weighted by molar-refractivity contribution is -0.254. The fourth-order valence-corrected chi connectivity index (χ4v) is 4.36. The van der Waals surface area contributed by atoms with Gasteiger partial charge in [-0.05, 0) is 38.7 Å². The molecule has 5 atom stereocenters. The molecule has 2 heterocycles. The third-order valence-electron chi connectivity index (χ3n) is 6.76. The van der Waals surface area contributed by atoms with Crippen LogP contribution in [0, 0.1) is 0 Å². The van der Waals surface area contributed by atoms with E-state index in [1.165, 1.54) is 27.7 Å². The number of hydrogen-bond donors (Lipinski definition) is 0. The molecule has 1 aromatic rings. The molecule has 3 rings (SSSR count). The molecular formula is C26H35BO11. The Bertz CT molecular complexity index is 1050. The summed E-state index contributed by atoms with van der Waals surface area (Å²) in [5, 5.41) is 0. The molecule has 0 radical (unpaired) electrons. The van der Waals surface area contributed by atoms with Crippen LogP contribution in [0.3, 0.4) is 0 Å². The van der Waals surface area contributed by atoms with E-state index in [1.807, 2.05) is 33.8 Å². The first kappa shape index (κ1) is 29.6. The summed E-state index contributed by atoms with van der Waals surface area (Å²) in [7, 11) is -0.675. The van der Waals surface area contributed by atoms with Crippen molar-refractivity contribution in [2.75, 3.05) is 6.61 Å². The summed E-state index contributed by atoms with van der Waals surface area (Å²) in [5.41, 5.74) is 0.105. The monoisotopic (exact) mass is 534 g/mol. The van der Waals surface area contributed by atoms with Gasteiger partial charge in [-0.25, -0.2) is 0 Å². The highest BCUT2D eigenvalue weighted by molar-refractivity contribution is 6.62. The summed E-state index contributed by atoms with van der Waals surface area (Å²) in [6.07, 6.45) is -5.69. The normalized spacial score (nSPS) is 27.8. The van der Waals surface area contributed by atoms with Crippen LogP contribution in [0.4, 0.5) is 0 Å². The quantitative estimate of drug-likeness (QED) is 0.288. The lowest BCUT2D eigenvalue weighted by Gasteiger charge is -2.44. The molecule has 11 nitrogen and oxygen atoms in total. The van der Waals surface area contributed by atoms with E-state index in [0.29, 0.717) is 11.0 Å². The topological polar surface area (TPSA) is 133 Å². The molecule has 0 aliphatic carbocycles. The van der Waals surface area contributed by atoms with Crippen LogP contribution in [-0.4, -0.2) is 73.2 Å². The molecule has 0 amide bonds. The Labute approximate surface area is 222 Å². The minimum atomic E-state index is -1.25. The van der Waals surface area contributed by atoms with E-state index in [9.17, 15) is 19.2 Å². The van der Waals surface area contributed by atoms with Crippen LogP contribution in [0.1, 0.15) is 67.1 Å². The number of hydrogen-bond acceptors (Lipinski definition) is 11. The molecule has 1 aromatic carbocycles. The number of carbonyl (C=O) groups is 4. The summed E-state index contributed by atoms with van der Waals surface area (Å²) in [6.45, 7) is 12.2. The Hall–Kier alpha value is -2.96. The van der Waals surface area contributed by atoms with Gasteiger partial charge in [-0.2, -0.15) is 0 Å². The first-order chi connectivity index (χ1) is 17.6. The predicted octanol–water partition coefficient (Wildman–Crippen LogP) is 1.78. The molecule has 0 N–H and O–H groups in total. The minimum Gasteiger partial charge on any atom is -0.463 e. The first-order valence-corrected chi connectivity index (χ1v) is 12.4. The van der Waals surface area contributed by atoms with Gasteiger partial charge in [-0.3, -0.25) is 19.2 Å². The standard InChI is InChI=1S/C26H35BO11/c1-14(28)32-13-20-22(33-15(2)29)24(35-17(4)31)23(34-16(3)30)21(36-20)18-10-9-11-19(12-18)27-37-25(5,6)26(7,8)38-27/h9-12,20-24H,13H2,1-8H3/t20-,21-,22-,23-,24+/m1/s1. The molecule has 2 saturated heterocycles. The highest BCUT2D eigenvalue weighted by Gasteiger charge is 2.54. The number of carbonyl (C=O) groups excluding carboxylic acids is 4. The fourth-order valence-electron chi connectivity index (χ4n) is 4.36. The van der Waals surface area contributed by atoms with Crippen molar-refractivity contribution < 1.29 is 52.2 Å². The lowest BCUT2D eigenvalue weighted by atomic mass is 9.77. The average Bonchev–Trinajstić information content (AvgIpc) is 3.01. The summed E-state index contributed by atoms with van der Waals surface area (Å²) >= 11 is 0. The number of esters is 4. The van der Waals surface area contributed by atoms with Gasteiger partial charge in [-0.1, -0.05) is 24.3 Å². The SMILES string of the molecule is CC(=O)OC[C@H]1O[C@H](c2cccc(B3OC(C)(C)C(C)(C)O3)c2)[C@@H](OC(C)=O)[C@@H](OC(C)=O)[C@@H]1OC(C)=O. The average molecular weight is 534 g/mol. The Balaban J connectivity index is 2.05. The molecule has 208 valence electrons. The van der Waals surface area contributed by atoms with E-state index in [2.05, 4.69) is 0 Å². The van der Waals surface area contributed by atoms with Crippen molar-refractivity contribution in [2.45, 2.75) is 97.1 Å². The largest absolute Gasteiger partial charge is 0.494 e. The smallest absolute Gasteiger partial charge is 0.463 e. The van der Waals surface area contributed by atoms with Gasteiger partial charge in [-0.15, -0.1) is 0 Å². The van der Waals surface area contributed by atoms with Crippen LogP contribution in [0.5, 0.6) is 0 Å². The van der Waals surface area contributed by atoms with Crippen molar-refractivity contribution in [3.8, 4) is 0 Å². The van der Waals surface area contributed by atoms with Crippen LogP contribution >= 0.6 is 0 Å². The molecule has 2 aliphatic heterocycles. The maximum Gasteiger partial charge on any atom is 0.494 e. The number of ether oxygens (including phenoxy) is 5. The molecule has 0 unspecified atom stereocenters. The van der Waals surface area contributed by atoms with Crippen molar-refractivity contribution in [1.29, 1.82) is 0 Å². The highest BCUT2D eigenvalue weighted by atomic mass is 16.7. The van der Waals surface area contributed by atoms with E-state index >= 15 is 0 Å². The predicted molar refractivity (Wildman–Crippen MR) is 133 cm³/mol. The molecule has 0 spiro atoms. The number of rotatable bonds is 7. The molecular weight excluding hydrogens is 499 g/mol. The minimum absolute atomic E-state index is 0.300. The van der Waals surface area contributed by atoms with Crippen molar-refractivity contribution in [3.63, 3.8) is 0 Å². The lowest BCUT2D eigenvalue weighted by Crippen LogP contribution is -2.59. The van der Waals surface area contributed by atoms with Gasteiger partial charge in [0.2, 0.25) is 0 Å². The van der Waals surface area contributed by atoms with E-state index in [-0.39, 0.29) is 6.61 Å². The van der Waals surface area contributed by atoms with Gasteiger partial charge in [0.15, 0.2) is 18.3 Å². The third kappa shape index (κ3) is 6.72. The number of benzene rings is 1.